The molecular formula is C12H17FN2O. The minimum absolute atomic E-state index is 0.248. The van der Waals surface area contributed by atoms with Crippen LogP contribution in [-0.4, -0.2) is 26.2 Å². The van der Waals surface area contributed by atoms with Gasteiger partial charge >= 0.3 is 0 Å². The number of hydrogen-bond donors (Lipinski definition) is 2. The molecule has 0 spiro atoms. The maximum atomic E-state index is 13.1. The average molecular weight is 224 g/mol. The Bertz CT molecular complexity index is 366. The van der Waals surface area contributed by atoms with Gasteiger partial charge in [0.05, 0.1) is 12.8 Å². The number of nitrogens with one attached hydrogen (secondary N) is 2. The second kappa shape index (κ2) is 4.70. The van der Waals surface area contributed by atoms with Crippen molar-refractivity contribution in [1.82, 2.24) is 5.32 Å². The number of ether oxygens (including phenoxy) is 1. The lowest BCUT2D eigenvalue weighted by Gasteiger charge is -2.33. The second-order valence-corrected chi connectivity index (χ2v) is 4.20. The van der Waals surface area contributed by atoms with Crippen molar-refractivity contribution in [2.45, 2.75) is 13.0 Å². The molecule has 1 aliphatic rings. The first-order valence-corrected chi connectivity index (χ1v) is 5.51. The molecule has 0 bridgehead atoms. The van der Waals surface area contributed by atoms with Crippen LogP contribution in [0.1, 0.15) is 6.92 Å². The van der Waals surface area contributed by atoms with E-state index >= 15 is 0 Å². The minimum atomic E-state index is -0.248. The molecule has 16 heavy (non-hydrogen) atoms. The molecule has 2 rings (SSSR count). The third-order valence-corrected chi connectivity index (χ3v) is 3.06. The van der Waals surface area contributed by atoms with Gasteiger partial charge in [-0.2, -0.15) is 0 Å². The van der Waals surface area contributed by atoms with Crippen LogP contribution in [0.3, 0.4) is 0 Å². The summed E-state index contributed by atoms with van der Waals surface area (Å²) >= 11 is 0. The summed E-state index contributed by atoms with van der Waals surface area (Å²) in [6.45, 7) is 4.15. The summed E-state index contributed by atoms with van der Waals surface area (Å²) in [5.74, 6) is 1.04. The first-order chi connectivity index (χ1) is 7.70. The summed E-state index contributed by atoms with van der Waals surface area (Å²) in [6.07, 6.45) is 0. The first kappa shape index (κ1) is 11.2. The van der Waals surface area contributed by atoms with E-state index in [1.807, 2.05) is 0 Å². The number of anilines is 1. The Hall–Kier alpha value is -1.29. The third kappa shape index (κ3) is 2.27. The lowest BCUT2D eigenvalue weighted by Crippen LogP contribution is -2.49. The molecule has 1 atom stereocenters. The van der Waals surface area contributed by atoms with E-state index in [4.69, 9.17) is 4.74 Å². The highest BCUT2D eigenvalue weighted by molar-refractivity contribution is 5.57. The average Bonchev–Trinajstić information content (AvgIpc) is 2.15. The molecule has 1 unspecified atom stereocenters. The molecule has 1 aromatic rings. The Morgan fingerprint density at radius 3 is 2.81 bits per heavy atom. The van der Waals surface area contributed by atoms with Gasteiger partial charge in [0.2, 0.25) is 0 Å². The van der Waals surface area contributed by atoms with Crippen molar-refractivity contribution in [3.8, 4) is 5.75 Å². The van der Waals surface area contributed by atoms with Crippen molar-refractivity contribution in [1.29, 1.82) is 0 Å². The molecule has 0 aliphatic carbocycles. The molecular weight excluding hydrogens is 207 g/mol. The monoisotopic (exact) mass is 224 g/mol. The lowest BCUT2D eigenvalue weighted by molar-refractivity contribution is 0.315. The lowest BCUT2D eigenvalue weighted by atomic mass is 9.95. The van der Waals surface area contributed by atoms with Gasteiger partial charge in [-0.3, -0.25) is 0 Å². The van der Waals surface area contributed by atoms with Crippen LogP contribution in [0.4, 0.5) is 10.1 Å². The predicted octanol–water partition coefficient (Wildman–Crippen LogP) is 1.85. The van der Waals surface area contributed by atoms with Crippen molar-refractivity contribution in [2.75, 3.05) is 25.5 Å². The number of benzene rings is 1. The molecule has 1 aromatic carbocycles. The molecule has 1 aliphatic heterocycles. The standard InChI is InChI=1S/C12H17FN2O/c1-8(9-6-14-7-9)15-11-5-10(13)3-4-12(11)16-2/h3-5,8-9,14-15H,6-7H2,1-2H3. The van der Waals surface area contributed by atoms with Gasteiger partial charge in [-0.25, -0.2) is 4.39 Å². The molecule has 0 radical (unpaired) electrons. The van der Waals surface area contributed by atoms with Crippen molar-refractivity contribution in [3.63, 3.8) is 0 Å². The van der Waals surface area contributed by atoms with Crippen LogP contribution in [0.15, 0.2) is 18.2 Å². The fraction of sp³-hybridized carbons (Fsp3) is 0.500. The SMILES string of the molecule is COc1ccc(F)cc1NC(C)C1CNC1. The maximum absolute atomic E-state index is 13.1. The Labute approximate surface area is 95.0 Å². The van der Waals surface area contributed by atoms with E-state index in [9.17, 15) is 4.39 Å². The summed E-state index contributed by atoms with van der Waals surface area (Å²) in [5, 5.41) is 6.52. The van der Waals surface area contributed by atoms with Gasteiger partial charge in [-0.05, 0) is 19.1 Å². The van der Waals surface area contributed by atoms with E-state index in [0.717, 1.165) is 18.8 Å². The topological polar surface area (TPSA) is 33.3 Å². The van der Waals surface area contributed by atoms with Crippen LogP contribution in [0.2, 0.25) is 0 Å². The zero-order valence-corrected chi connectivity index (χ0v) is 9.59. The van der Waals surface area contributed by atoms with Gasteiger partial charge in [0.25, 0.3) is 0 Å². The van der Waals surface area contributed by atoms with Crippen LogP contribution in [0, 0.1) is 11.7 Å². The second-order valence-electron chi connectivity index (χ2n) is 4.20. The van der Waals surface area contributed by atoms with E-state index in [2.05, 4.69) is 17.6 Å². The Morgan fingerprint density at radius 1 is 1.50 bits per heavy atom. The quantitative estimate of drug-likeness (QED) is 0.819. The van der Waals surface area contributed by atoms with Crippen molar-refractivity contribution >= 4 is 5.69 Å². The fourth-order valence-electron chi connectivity index (χ4n) is 1.82. The maximum Gasteiger partial charge on any atom is 0.142 e. The number of methoxy groups -OCH3 is 1. The van der Waals surface area contributed by atoms with Crippen molar-refractivity contribution in [3.05, 3.63) is 24.0 Å². The summed E-state index contributed by atoms with van der Waals surface area (Å²) in [5.41, 5.74) is 0.724. The van der Waals surface area contributed by atoms with Gasteiger partial charge < -0.3 is 15.4 Å². The third-order valence-electron chi connectivity index (χ3n) is 3.06. The van der Waals surface area contributed by atoms with Crippen LogP contribution in [0.25, 0.3) is 0 Å². The van der Waals surface area contributed by atoms with Gasteiger partial charge in [0, 0.05) is 31.1 Å². The molecule has 0 amide bonds. The van der Waals surface area contributed by atoms with Gasteiger partial charge in [-0.1, -0.05) is 0 Å². The van der Waals surface area contributed by atoms with E-state index in [1.54, 1.807) is 13.2 Å². The van der Waals surface area contributed by atoms with E-state index in [1.165, 1.54) is 12.1 Å². The Morgan fingerprint density at radius 2 is 2.25 bits per heavy atom. The highest BCUT2D eigenvalue weighted by Crippen LogP contribution is 2.27. The smallest absolute Gasteiger partial charge is 0.142 e. The molecule has 3 nitrogen and oxygen atoms in total. The minimum Gasteiger partial charge on any atom is -0.495 e. The molecule has 88 valence electrons. The fourth-order valence-corrected chi connectivity index (χ4v) is 1.82. The van der Waals surface area contributed by atoms with E-state index < -0.39 is 0 Å². The van der Waals surface area contributed by atoms with E-state index in [-0.39, 0.29) is 5.82 Å². The molecule has 2 N–H and O–H groups in total. The zero-order valence-electron chi connectivity index (χ0n) is 9.59. The molecule has 4 heteroatoms. The Balaban J connectivity index is 2.09. The predicted molar refractivity (Wildman–Crippen MR) is 62.4 cm³/mol. The van der Waals surface area contributed by atoms with Crippen molar-refractivity contribution < 1.29 is 9.13 Å². The zero-order chi connectivity index (χ0) is 11.5. The first-order valence-electron chi connectivity index (χ1n) is 5.51. The molecule has 1 saturated heterocycles. The number of rotatable bonds is 4. The van der Waals surface area contributed by atoms with Crippen molar-refractivity contribution in [2.24, 2.45) is 5.92 Å². The highest BCUT2D eigenvalue weighted by Gasteiger charge is 2.24. The van der Waals surface area contributed by atoms with Crippen LogP contribution >= 0.6 is 0 Å². The summed E-state index contributed by atoms with van der Waals surface area (Å²) in [7, 11) is 1.59. The molecule has 1 fully saturated rings. The van der Waals surface area contributed by atoms with Gasteiger partial charge in [-0.15, -0.1) is 0 Å². The van der Waals surface area contributed by atoms with Gasteiger partial charge in [0.15, 0.2) is 0 Å². The largest absolute Gasteiger partial charge is 0.495 e. The van der Waals surface area contributed by atoms with Crippen LogP contribution in [-0.2, 0) is 0 Å². The Kier molecular flexibility index (Phi) is 3.29. The number of halogens is 1. The van der Waals surface area contributed by atoms with Crippen LogP contribution in [0.5, 0.6) is 5.75 Å². The van der Waals surface area contributed by atoms with E-state index in [0.29, 0.717) is 17.7 Å². The van der Waals surface area contributed by atoms with Crippen LogP contribution < -0.4 is 15.4 Å². The van der Waals surface area contributed by atoms with Gasteiger partial charge in [0.1, 0.15) is 11.6 Å². The summed E-state index contributed by atoms with van der Waals surface area (Å²) in [6, 6.07) is 4.83. The molecule has 0 aromatic heterocycles. The normalized spacial score (nSPS) is 17.7. The molecule has 1 heterocycles. The molecule has 0 saturated carbocycles. The highest BCUT2D eigenvalue weighted by atomic mass is 19.1. The summed E-state index contributed by atoms with van der Waals surface area (Å²) in [4.78, 5) is 0. The summed E-state index contributed by atoms with van der Waals surface area (Å²) < 4.78 is 18.3. The number of hydrogen-bond acceptors (Lipinski definition) is 3.